The summed E-state index contributed by atoms with van der Waals surface area (Å²) < 4.78 is 10.7. The van der Waals surface area contributed by atoms with Crippen LogP contribution < -0.4 is 14.8 Å². The molecule has 0 aliphatic carbocycles. The molecule has 1 aromatic heterocycles. The normalized spacial score (nSPS) is 12.0. The molecule has 0 bridgehead atoms. The molecule has 0 saturated heterocycles. The molecular weight excluding hydrogens is 256 g/mol. The number of aryl methyl sites for hydroxylation is 1. The molecule has 0 atom stereocenters. The number of hydrogen-bond donors (Lipinski definition) is 1. The van der Waals surface area contributed by atoms with Crippen molar-refractivity contribution in [2.75, 3.05) is 18.7 Å². The highest BCUT2D eigenvalue weighted by molar-refractivity contribution is 5.68. The monoisotopic (exact) mass is 268 g/mol. The van der Waals surface area contributed by atoms with Crippen LogP contribution in [0.3, 0.4) is 0 Å². The van der Waals surface area contributed by atoms with Crippen LogP contribution in [0.15, 0.2) is 24.3 Å². The molecule has 0 fully saturated rings. The first-order chi connectivity index (χ1) is 9.78. The molecule has 1 N–H and O–H groups in total. The maximum absolute atomic E-state index is 8.50. The van der Waals surface area contributed by atoms with Gasteiger partial charge in [-0.05, 0) is 36.8 Å². The largest absolute Gasteiger partial charge is 0.454 e. The van der Waals surface area contributed by atoms with Crippen molar-refractivity contribution in [2.45, 2.75) is 6.92 Å². The molecule has 0 saturated carbocycles. The molecule has 1 aliphatic rings. The second kappa shape index (κ2) is 5.05. The van der Waals surface area contributed by atoms with Crippen molar-refractivity contribution < 1.29 is 9.47 Å². The molecule has 1 aromatic carbocycles. The fraction of sp³-hybridized carbons (Fsp3) is 0.214. The zero-order chi connectivity index (χ0) is 13.9. The van der Waals surface area contributed by atoms with Crippen molar-refractivity contribution in [3.8, 4) is 28.8 Å². The lowest BCUT2D eigenvalue weighted by atomic mass is 10.0. The van der Waals surface area contributed by atoms with Crippen molar-refractivity contribution >= 4 is 5.82 Å². The summed E-state index contributed by atoms with van der Waals surface area (Å²) in [5, 5.41) is 19.6. The fourth-order valence-electron chi connectivity index (χ4n) is 2.02. The summed E-state index contributed by atoms with van der Waals surface area (Å²) in [7, 11) is 0. The lowest BCUT2D eigenvalue weighted by molar-refractivity contribution is 0.174. The number of hydrogen-bond acceptors (Lipinski definition) is 6. The highest BCUT2D eigenvalue weighted by Gasteiger charge is 2.17. The minimum atomic E-state index is 0.205. The van der Waals surface area contributed by atoms with E-state index in [1.807, 2.05) is 31.2 Å². The fourth-order valence-corrected chi connectivity index (χ4v) is 2.02. The Hall–Kier alpha value is -2.81. The van der Waals surface area contributed by atoms with Crippen LogP contribution in [0.25, 0.3) is 11.3 Å². The maximum atomic E-state index is 8.50. The van der Waals surface area contributed by atoms with Crippen LogP contribution >= 0.6 is 0 Å². The molecule has 6 heteroatoms. The van der Waals surface area contributed by atoms with E-state index < -0.39 is 0 Å². The zero-order valence-corrected chi connectivity index (χ0v) is 10.9. The average Bonchev–Trinajstić information content (AvgIpc) is 2.92. The lowest BCUT2D eigenvalue weighted by Gasteiger charge is -2.07. The van der Waals surface area contributed by atoms with Gasteiger partial charge in [0.2, 0.25) is 6.79 Å². The Bertz CT molecular complexity index is 677. The smallest absolute Gasteiger partial charge is 0.231 e. The number of fused-ring (bicyclic) bond motifs is 1. The lowest BCUT2D eigenvalue weighted by Crippen LogP contribution is -2.02. The van der Waals surface area contributed by atoms with Gasteiger partial charge in [-0.2, -0.15) is 5.26 Å². The van der Waals surface area contributed by atoms with E-state index >= 15 is 0 Å². The van der Waals surface area contributed by atoms with E-state index in [1.165, 1.54) is 0 Å². The van der Waals surface area contributed by atoms with Gasteiger partial charge in [0.25, 0.3) is 0 Å². The number of nitrogens with one attached hydrogen (secondary N) is 1. The maximum Gasteiger partial charge on any atom is 0.231 e. The topological polar surface area (TPSA) is 80.1 Å². The Labute approximate surface area is 116 Å². The molecule has 2 aromatic rings. The number of aromatic nitrogens is 2. The van der Waals surface area contributed by atoms with E-state index in [0.717, 1.165) is 28.3 Å². The molecular formula is C14H12N4O2. The number of nitriles is 1. The molecule has 6 nitrogen and oxygen atoms in total. The first kappa shape index (κ1) is 12.2. The molecule has 0 unspecified atom stereocenters. The van der Waals surface area contributed by atoms with Gasteiger partial charge >= 0.3 is 0 Å². The van der Waals surface area contributed by atoms with Gasteiger partial charge in [-0.25, -0.2) is 0 Å². The minimum Gasteiger partial charge on any atom is -0.454 e. The van der Waals surface area contributed by atoms with Gasteiger partial charge in [0.1, 0.15) is 12.4 Å². The number of rotatable bonds is 3. The van der Waals surface area contributed by atoms with Gasteiger partial charge in [-0.1, -0.05) is 0 Å². The van der Waals surface area contributed by atoms with E-state index in [-0.39, 0.29) is 13.3 Å². The second-order valence-corrected chi connectivity index (χ2v) is 4.34. The van der Waals surface area contributed by atoms with Gasteiger partial charge < -0.3 is 14.8 Å². The summed E-state index contributed by atoms with van der Waals surface area (Å²) in [6.45, 7) is 2.44. The molecule has 0 amide bonds. The predicted molar refractivity (Wildman–Crippen MR) is 72.4 cm³/mol. The van der Waals surface area contributed by atoms with Gasteiger partial charge in [0.05, 0.1) is 11.8 Å². The van der Waals surface area contributed by atoms with Gasteiger partial charge in [0, 0.05) is 5.56 Å². The quantitative estimate of drug-likeness (QED) is 0.859. The Balaban J connectivity index is 1.91. The van der Waals surface area contributed by atoms with Crippen LogP contribution in [-0.4, -0.2) is 23.5 Å². The Kier molecular flexibility index (Phi) is 3.09. The van der Waals surface area contributed by atoms with Crippen LogP contribution in [0.2, 0.25) is 0 Å². The van der Waals surface area contributed by atoms with Crippen molar-refractivity contribution in [2.24, 2.45) is 0 Å². The Morgan fingerprint density at radius 1 is 1.25 bits per heavy atom. The van der Waals surface area contributed by atoms with Crippen LogP contribution in [0.5, 0.6) is 11.5 Å². The zero-order valence-electron chi connectivity index (χ0n) is 10.9. The van der Waals surface area contributed by atoms with Crippen molar-refractivity contribution in [3.05, 3.63) is 29.8 Å². The third kappa shape index (κ3) is 2.21. The first-order valence-corrected chi connectivity index (χ1v) is 6.13. The SMILES string of the molecule is Cc1cc2c(cc1-c1ccc(NCC#N)nn1)OCO2. The van der Waals surface area contributed by atoms with Crippen LogP contribution in [0.4, 0.5) is 5.82 Å². The Morgan fingerprint density at radius 3 is 2.75 bits per heavy atom. The molecule has 3 rings (SSSR count). The summed E-state index contributed by atoms with van der Waals surface area (Å²) in [5.74, 6) is 2.05. The highest BCUT2D eigenvalue weighted by Crippen LogP contribution is 2.37. The molecule has 100 valence electrons. The van der Waals surface area contributed by atoms with Crippen molar-refractivity contribution in [3.63, 3.8) is 0 Å². The van der Waals surface area contributed by atoms with Crippen molar-refractivity contribution in [1.82, 2.24) is 10.2 Å². The van der Waals surface area contributed by atoms with Gasteiger partial charge in [-0.15, -0.1) is 10.2 Å². The van der Waals surface area contributed by atoms with E-state index in [9.17, 15) is 0 Å². The van der Waals surface area contributed by atoms with Crippen LogP contribution in [-0.2, 0) is 0 Å². The highest BCUT2D eigenvalue weighted by atomic mass is 16.7. The summed E-state index contributed by atoms with van der Waals surface area (Å²) in [6.07, 6.45) is 0. The average molecular weight is 268 g/mol. The number of anilines is 1. The van der Waals surface area contributed by atoms with Gasteiger partial charge in [-0.3, -0.25) is 0 Å². The van der Waals surface area contributed by atoms with E-state index in [0.29, 0.717) is 5.82 Å². The summed E-state index contributed by atoms with van der Waals surface area (Å²) in [5.41, 5.74) is 2.75. The molecule has 2 heterocycles. The standard InChI is InChI=1S/C14H12N4O2/c1-9-6-12-13(20-8-19-12)7-10(9)11-2-3-14(18-17-11)16-5-4-15/h2-3,6-7H,5,8H2,1H3,(H,16,18). The van der Waals surface area contributed by atoms with Crippen molar-refractivity contribution in [1.29, 1.82) is 5.26 Å². The molecule has 0 radical (unpaired) electrons. The third-order valence-corrected chi connectivity index (χ3v) is 3.01. The van der Waals surface area contributed by atoms with E-state index in [1.54, 1.807) is 6.07 Å². The number of nitrogens with zero attached hydrogens (tertiary/aromatic N) is 3. The molecule has 0 spiro atoms. The third-order valence-electron chi connectivity index (χ3n) is 3.01. The summed E-state index contributed by atoms with van der Waals surface area (Å²) in [4.78, 5) is 0. The number of ether oxygens (including phenoxy) is 2. The van der Waals surface area contributed by atoms with Crippen LogP contribution in [0, 0.1) is 18.3 Å². The number of benzene rings is 1. The van der Waals surface area contributed by atoms with Crippen LogP contribution in [0.1, 0.15) is 5.56 Å². The van der Waals surface area contributed by atoms with E-state index in [2.05, 4.69) is 15.5 Å². The minimum absolute atomic E-state index is 0.205. The van der Waals surface area contributed by atoms with Gasteiger partial charge in [0.15, 0.2) is 11.5 Å². The molecule has 1 aliphatic heterocycles. The second-order valence-electron chi connectivity index (χ2n) is 4.34. The Morgan fingerprint density at radius 2 is 2.05 bits per heavy atom. The first-order valence-electron chi connectivity index (χ1n) is 6.13. The van der Waals surface area contributed by atoms with E-state index in [4.69, 9.17) is 14.7 Å². The molecule has 20 heavy (non-hydrogen) atoms. The predicted octanol–water partition coefficient (Wildman–Crippen LogP) is 2.12. The summed E-state index contributed by atoms with van der Waals surface area (Å²) >= 11 is 0. The summed E-state index contributed by atoms with van der Waals surface area (Å²) in [6, 6.07) is 9.48.